The normalized spacial score (nSPS) is 11.6. The van der Waals surface area contributed by atoms with Crippen LogP contribution in [0.2, 0.25) is 10.0 Å². The minimum atomic E-state index is -0.369. The number of methoxy groups -OCH3 is 1. The fourth-order valence-electron chi connectivity index (χ4n) is 2.48. The summed E-state index contributed by atoms with van der Waals surface area (Å²) in [5.41, 5.74) is 7.16. The molecular formula is C20H20Cl2N6O2S. The summed E-state index contributed by atoms with van der Waals surface area (Å²) in [6.45, 7) is 1.79. The van der Waals surface area contributed by atoms with Crippen molar-refractivity contribution in [3.63, 3.8) is 0 Å². The van der Waals surface area contributed by atoms with E-state index in [0.29, 0.717) is 39.0 Å². The van der Waals surface area contributed by atoms with Crippen molar-refractivity contribution >= 4 is 64.1 Å². The molecule has 4 N–H and O–H groups in total. The maximum Gasteiger partial charge on any atom is 0.237 e. The molecule has 31 heavy (non-hydrogen) atoms. The number of hydrogen-bond donors (Lipinski definition) is 3. The van der Waals surface area contributed by atoms with Crippen molar-refractivity contribution in [3.8, 4) is 5.75 Å². The molecule has 0 saturated carbocycles. The molecule has 11 heteroatoms. The largest absolute Gasteiger partial charge is 0.495 e. The van der Waals surface area contributed by atoms with E-state index >= 15 is 0 Å². The molecule has 0 bridgehead atoms. The van der Waals surface area contributed by atoms with Crippen LogP contribution >= 0.6 is 35.0 Å². The molecule has 3 rings (SSSR count). The van der Waals surface area contributed by atoms with Crippen LogP contribution < -0.4 is 21.1 Å². The van der Waals surface area contributed by atoms with Crippen molar-refractivity contribution in [2.75, 3.05) is 23.5 Å². The van der Waals surface area contributed by atoms with Crippen molar-refractivity contribution in [3.05, 3.63) is 58.3 Å². The van der Waals surface area contributed by atoms with Crippen molar-refractivity contribution < 1.29 is 9.53 Å². The lowest BCUT2D eigenvalue weighted by atomic mass is 10.3. The molecule has 0 aliphatic heterocycles. The van der Waals surface area contributed by atoms with Gasteiger partial charge in [0.25, 0.3) is 0 Å². The van der Waals surface area contributed by atoms with E-state index in [0.717, 1.165) is 5.69 Å². The van der Waals surface area contributed by atoms with Gasteiger partial charge in [-0.3, -0.25) is 4.79 Å². The molecule has 1 atom stereocenters. The Morgan fingerprint density at radius 1 is 1.13 bits per heavy atom. The summed E-state index contributed by atoms with van der Waals surface area (Å²) in [5, 5.41) is 6.56. The van der Waals surface area contributed by atoms with E-state index in [1.807, 2.05) is 0 Å². The molecule has 0 aliphatic carbocycles. The third kappa shape index (κ3) is 6.61. The predicted octanol–water partition coefficient (Wildman–Crippen LogP) is 4.77. The van der Waals surface area contributed by atoms with Crippen LogP contribution in [0.3, 0.4) is 0 Å². The number of nitrogens with zero attached hydrogens (tertiary/aromatic N) is 3. The molecule has 0 spiro atoms. The number of ether oxygens (including phenoxy) is 1. The van der Waals surface area contributed by atoms with Gasteiger partial charge in [0, 0.05) is 16.4 Å². The van der Waals surface area contributed by atoms with E-state index in [1.54, 1.807) is 49.4 Å². The molecule has 0 aliphatic rings. The summed E-state index contributed by atoms with van der Waals surface area (Å²) in [5.74, 6) is 1.61. The van der Waals surface area contributed by atoms with Crippen molar-refractivity contribution in [2.24, 2.45) is 0 Å². The van der Waals surface area contributed by atoms with Crippen molar-refractivity contribution in [1.82, 2.24) is 15.0 Å². The number of rotatable bonds is 8. The minimum Gasteiger partial charge on any atom is -0.495 e. The number of nitrogens with one attached hydrogen (secondary N) is 2. The third-order valence-corrected chi connectivity index (χ3v) is 5.74. The summed E-state index contributed by atoms with van der Waals surface area (Å²) >= 11 is 13.4. The number of carbonyl (C=O) groups is 1. The monoisotopic (exact) mass is 478 g/mol. The Bertz CT molecular complexity index is 1070. The Morgan fingerprint density at radius 2 is 1.84 bits per heavy atom. The topological polar surface area (TPSA) is 115 Å². The second-order valence-electron chi connectivity index (χ2n) is 6.36. The van der Waals surface area contributed by atoms with Crippen LogP contribution in [-0.4, -0.2) is 33.2 Å². The van der Waals surface area contributed by atoms with Crippen molar-refractivity contribution in [1.29, 1.82) is 0 Å². The lowest BCUT2D eigenvalue weighted by Gasteiger charge is -2.13. The van der Waals surface area contributed by atoms with Crippen LogP contribution in [0.5, 0.6) is 5.75 Å². The van der Waals surface area contributed by atoms with Gasteiger partial charge in [-0.05, 0) is 49.4 Å². The van der Waals surface area contributed by atoms with Crippen LogP contribution in [-0.2, 0) is 10.5 Å². The number of amides is 1. The average Bonchev–Trinajstić information content (AvgIpc) is 2.73. The number of hydrogen-bond acceptors (Lipinski definition) is 8. The van der Waals surface area contributed by atoms with Crippen molar-refractivity contribution in [2.45, 2.75) is 17.9 Å². The quantitative estimate of drug-likeness (QED) is 0.423. The molecule has 162 valence electrons. The molecule has 0 unspecified atom stereocenters. The fraction of sp³-hybridized carbons (Fsp3) is 0.200. The summed E-state index contributed by atoms with van der Waals surface area (Å²) in [7, 11) is 1.53. The Balaban J connectivity index is 1.59. The molecule has 1 heterocycles. The van der Waals surface area contributed by atoms with Gasteiger partial charge >= 0.3 is 0 Å². The number of nitrogen functional groups attached to an aromatic ring is 1. The van der Waals surface area contributed by atoms with E-state index in [-0.39, 0.29) is 17.1 Å². The van der Waals surface area contributed by atoms with Crippen LogP contribution in [0.25, 0.3) is 0 Å². The zero-order chi connectivity index (χ0) is 22.4. The SMILES string of the molecule is COc1ccc(NC(=O)[C@@H](C)SCc2nc(N)nc(Nc3ccc(Cl)cc3)n2)cc1Cl. The molecule has 1 amide bonds. The molecule has 3 aromatic rings. The highest BCUT2D eigenvalue weighted by molar-refractivity contribution is 7.99. The first-order valence-corrected chi connectivity index (χ1v) is 10.9. The Hall–Kier alpha value is -2.75. The third-order valence-electron chi connectivity index (χ3n) is 4.05. The van der Waals surface area contributed by atoms with E-state index < -0.39 is 0 Å². The Morgan fingerprint density at radius 3 is 2.52 bits per heavy atom. The summed E-state index contributed by atoms with van der Waals surface area (Å²) < 4.78 is 5.11. The van der Waals surface area contributed by atoms with Crippen LogP contribution in [0.15, 0.2) is 42.5 Å². The van der Waals surface area contributed by atoms with Gasteiger partial charge in [0.2, 0.25) is 17.8 Å². The van der Waals surface area contributed by atoms with Gasteiger partial charge in [-0.2, -0.15) is 15.0 Å². The van der Waals surface area contributed by atoms with Crippen LogP contribution in [0, 0.1) is 0 Å². The number of thioether (sulfide) groups is 1. The molecule has 0 fully saturated rings. The first kappa shape index (κ1) is 22.9. The van der Waals surface area contributed by atoms with Gasteiger partial charge in [-0.1, -0.05) is 23.2 Å². The summed E-state index contributed by atoms with van der Waals surface area (Å²) in [6, 6.07) is 12.2. The smallest absolute Gasteiger partial charge is 0.237 e. The van der Waals surface area contributed by atoms with E-state index in [4.69, 9.17) is 33.7 Å². The Labute approximate surface area is 193 Å². The molecule has 2 aromatic carbocycles. The van der Waals surface area contributed by atoms with Crippen LogP contribution in [0.1, 0.15) is 12.7 Å². The maximum absolute atomic E-state index is 12.5. The second kappa shape index (κ2) is 10.5. The summed E-state index contributed by atoms with van der Waals surface area (Å²) in [6.07, 6.45) is 0. The van der Waals surface area contributed by atoms with Gasteiger partial charge in [0.15, 0.2) is 0 Å². The van der Waals surface area contributed by atoms with Gasteiger partial charge in [-0.25, -0.2) is 0 Å². The van der Waals surface area contributed by atoms with Gasteiger partial charge in [-0.15, -0.1) is 11.8 Å². The van der Waals surface area contributed by atoms with Crippen LogP contribution in [0.4, 0.5) is 23.3 Å². The summed E-state index contributed by atoms with van der Waals surface area (Å²) in [4.78, 5) is 25.1. The number of halogens is 2. The fourth-order valence-corrected chi connectivity index (χ4v) is 3.61. The number of benzene rings is 2. The maximum atomic E-state index is 12.5. The highest BCUT2D eigenvalue weighted by Crippen LogP contribution is 2.28. The van der Waals surface area contributed by atoms with Gasteiger partial charge in [0.1, 0.15) is 11.6 Å². The standard InChI is InChI=1S/C20H20Cl2N6O2S/c1-11(18(29)24-14-7-8-16(30-2)15(22)9-14)31-10-17-26-19(23)28-20(27-17)25-13-5-3-12(21)4-6-13/h3-9,11H,10H2,1-2H3,(H,24,29)(H3,23,25,26,27,28)/t11-/m1/s1. The number of anilines is 4. The molecule has 1 aromatic heterocycles. The first-order valence-electron chi connectivity index (χ1n) is 9.13. The zero-order valence-electron chi connectivity index (χ0n) is 16.7. The lowest BCUT2D eigenvalue weighted by molar-refractivity contribution is -0.115. The van der Waals surface area contributed by atoms with Gasteiger partial charge in [0.05, 0.1) is 23.1 Å². The molecule has 0 saturated heterocycles. The molecular weight excluding hydrogens is 459 g/mol. The lowest BCUT2D eigenvalue weighted by Crippen LogP contribution is -2.22. The number of carbonyl (C=O) groups excluding carboxylic acids is 1. The van der Waals surface area contributed by atoms with E-state index in [2.05, 4.69) is 25.6 Å². The second-order valence-corrected chi connectivity index (χ2v) is 8.53. The Kier molecular flexibility index (Phi) is 7.78. The molecule has 0 radical (unpaired) electrons. The highest BCUT2D eigenvalue weighted by atomic mass is 35.5. The predicted molar refractivity (Wildman–Crippen MR) is 126 cm³/mol. The minimum absolute atomic E-state index is 0.0899. The average molecular weight is 479 g/mol. The van der Waals surface area contributed by atoms with Gasteiger partial charge < -0.3 is 21.1 Å². The van der Waals surface area contributed by atoms with E-state index in [9.17, 15) is 4.79 Å². The zero-order valence-corrected chi connectivity index (χ0v) is 19.1. The molecule has 8 nitrogen and oxygen atoms in total. The number of aromatic nitrogens is 3. The first-order chi connectivity index (χ1) is 14.8. The number of nitrogens with two attached hydrogens (primary N) is 1. The van der Waals surface area contributed by atoms with E-state index in [1.165, 1.54) is 18.9 Å². The highest BCUT2D eigenvalue weighted by Gasteiger charge is 2.16.